The SMILES string of the molecule is COc1ccc(CNC(=O)c2ccc3c(c2)NC(=O)C(CS(=O)(=O)Cc2cccc(C)c2)N3)cc1. The van der Waals surface area contributed by atoms with Crippen LogP contribution in [0.15, 0.2) is 66.7 Å². The molecule has 35 heavy (non-hydrogen) atoms. The van der Waals surface area contributed by atoms with Gasteiger partial charge in [0.05, 0.1) is 30.0 Å². The Morgan fingerprint density at radius 3 is 2.49 bits per heavy atom. The highest BCUT2D eigenvalue weighted by atomic mass is 32.2. The number of ether oxygens (including phenoxy) is 1. The lowest BCUT2D eigenvalue weighted by Gasteiger charge is -2.27. The van der Waals surface area contributed by atoms with E-state index in [1.54, 1.807) is 31.4 Å². The molecule has 0 aromatic heterocycles. The van der Waals surface area contributed by atoms with Gasteiger partial charge in [0.25, 0.3) is 5.91 Å². The Hall–Kier alpha value is -3.85. The van der Waals surface area contributed by atoms with Crippen molar-refractivity contribution in [2.24, 2.45) is 0 Å². The van der Waals surface area contributed by atoms with Crippen LogP contribution in [0.2, 0.25) is 0 Å². The van der Waals surface area contributed by atoms with Crippen LogP contribution in [-0.4, -0.2) is 39.1 Å². The first-order valence-electron chi connectivity index (χ1n) is 11.1. The molecule has 1 atom stereocenters. The van der Waals surface area contributed by atoms with Gasteiger partial charge < -0.3 is 20.7 Å². The maximum absolute atomic E-state index is 12.7. The standard InChI is InChI=1S/C26H27N3O5S/c1-17-4-3-5-19(12-17)15-35(32,33)16-24-26(31)29-23-13-20(8-11-22(23)28-24)25(30)27-14-18-6-9-21(34-2)10-7-18/h3-13,24,28H,14-16H2,1-2H3,(H,27,30)(H,29,31). The highest BCUT2D eigenvalue weighted by Crippen LogP contribution is 2.28. The second-order valence-electron chi connectivity index (χ2n) is 8.52. The Morgan fingerprint density at radius 1 is 1.00 bits per heavy atom. The number of amides is 2. The molecule has 9 heteroatoms. The van der Waals surface area contributed by atoms with Gasteiger partial charge in [0.15, 0.2) is 9.84 Å². The normalized spacial score (nSPS) is 14.9. The maximum atomic E-state index is 12.7. The zero-order valence-corrected chi connectivity index (χ0v) is 20.3. The number of nitrogens with one attached hydrogen (secondary N) is 3. The smallest absolute Gasteiger partial charge is 0.251 e. The van der Waals surface area contributed by atoms with E-state index in [1.165, 1.54) is 0 Å². The summed E-state index contributed by atoms with van der Waals surface area (Å²) in [4.78, 5) is 25.2. The minimum Gasteiger partial charge on any atom is -0.497 e. The molecule has 3 aromatic rings. The van der Waals surface area contributed by atoms with Crippen LogP contribution in [-0.2, 0) is 26.9 Å². The van der Waals surface area contributed by atoms with E-state index in [9.17, 15) is 18.0 Å². The van der Waals surface area contributed by atoms with Gasteiger partial charge in [0.1, 0.15) is 11.8 Å². The minimum atomic E-state index is -3.54. The third-order valence-electron chi connectivity index (χ3n) is 5.69. The predicted octanol–water partition coefficient (Wildman–Crippen LogP) is 3.28. The van der Waals surface area contributed by atoms with Crippen LogP contribution in [0.5, 0.6) is 5.75 Å². The van der Waals surface area contributed by atoms with Crippen LogP contribution in [0, 0.1) is 6.92 Å². The van der Waals surface area contributed by atoms with E-state index in [4.69, 9.17) is 4.74 Å². The van der Waals surface area contributed by atoms with Crippen LogP contribution in [0.3, 0.4) is 0 Å². The summed E-state index contributed by atoms with van der Waals surface area (Å²) in [5, 5.41) is 8.57. The van der Waals surface area contributed by atoms with E-state index in [1.807, 2.05) is 49.4 Å². The number of sulfone groups is 1. The first kappa shape index (κ1) is 24.3. The van der Waals surface area contributed by atoms with Crippen molar-refractivity contribution in [2.45, 2.75) is 25.3 Å². The average molecular weight is 494 g/mol. The summed E-state index contributed by atoms with van der Waals surface area (Å²) >= 11 is 0. The molecule has 182 valence electrons. The van der Waals surface area contributed by atoms with Gasteiger partial charge in [0, 0.05) is 12.1 Å². The van der Waals surface area contributed by atoms with Crippen molar-refractivity contribution in [1.29, 1.82) is 0 Å². The second kappa shape index (κ2) is 10.2. The molecule has 1 unspecified atom stereocenters. The first-order chi connectivity index (χ1) is 16.7. The lowest BCUT2D eigenvalue weighted by Crippen LogP contribution is -2.43. The molecule has 1 heterocycles. The number of aryl methyl sites for hydroxylation is 1. The van der Waals surface area contributed by atoms with E-state index < -0.39 is 21.8 Å². The Bertz CT molecular complexity index is 1350. The van der Waals surface area contributed by atoms with E-state index >= 15 is 0 Å². The average Bonchev–Trinajstić information content (AvgIpc) is 2.82. The van der Waals surface area contributed by atoms with E-state index in [-0.39, 0.29) is 17.4 Å². The molecule has 2 amide bonds. The third kappa shape index (κ3) is 6.19. The largest absolute Gasteiger partial charge is 0.497 e. The molecule has 1 aliphatic heterocycles. The van der Waals surface area contributed by atoms with Gasteiger partial charge in [-0.2, -0.15) is 0 Å². The molecular weight excluding hydrogens is 466 g/mol. The molecule has 4 rings (SSSR count). The van der Waals surface area contributed by atoms with Crippen molar-refractivity contribution < 1.29 is 22.7 Å². The molecule has 0 radical (unpaired) electrons. The number of anilines is 2. The molecule has 1 aliphatic rings. The van der Waals surface area contributed by atoms with Crippen LogP contribution in [0.1, 0.15) is 27.0 Å². The predicted molar refractivity (Wildman–Crippen MR) is 135 cm³/mol. The number of hydrogen-bond acceptors (Lipinski definition) is 6. The first-order valence-corrected chi connectivity index (χ1v) is 12.9. The molecule has 0 saturated heterocycles. The number of rotatable bonds is 8. The fraction of sp³-hybridized carbons (Fsp3) is 0.231. The van der Waals surface area contributed by atoms with Crippen LogP contribution in [0.25, 0.3) is 0 Å². The summed E-state index contributed by atoms with van der Waals surface area (Å²) in [5.74, 6) is -0.488. The summed E-state index contributed by atoms with van der Waals surface area (Å²) in [5.41, 5.74) is 3.95. The van der Waals surface area contributed by atoms with Crippen molar-refractivity contribution in [2.75, 3.05) is 23.5 Å². The minimum absolute atomic E-state index is 0.139. The Kier molecular flexibility index (Phi) is 7.07. The molecular formula is C26H27N3O5S. The number of benzene rings is 3. The topological polar surface area (TPSA) is 114 Å². The maximum Gasteiger partial charge on any atom is 0.251 e. The van der Waals surface area contributed by atoms with E-state index in [0.29, 0.717) is 29.0 Å². The molecule has 0 saturated carbocycles. The monoisotopic (exact) mass is 493 g/mol. The van der Waals surface area contributed by atoms with Gasteiger partial charge >= 0.3 is 0 Å². The van der Waals surface area contributed by atoms with Crippen LogP contribution >= 0.6 is 0 Å². The quantitative estimate of drug-likeness (QED) is 0.444. The summed E-state index contributed by atoms with van der Waals surface area (Å²) in [6.07, 6.45) is 0. The lowest BCUT2D eigenvalue weighted by atomic mass is 10.1. The van der Waals surface area contributed by atoms with Crippen LogP contribution in [0.4, 0.5) is 11.4 Å². The van der Waals surface area contributed by atoms with Crippen LogP contribution < -0.4 is 20.7 Å². The fourth-order valence-corrected chi connectivity index (χ4v) is 5.45. The summed E-state index contributed by atoms with van der Waals surface area (Å²) in [6.45, 7) is 2.24. The number of carbonyl (C=O) groups excluding carboxylic acids is 2. The highest BCUT2D eigenvalue weighted by molar-refractivity contribution is 7.90. The molecule has 0 fully saturated rings. The highest BCUT2D eigenvalue weighted by Gasteiger charge is 2.30. The fourth-order valence-electron chi connectivity index (χ4n) is 3.90. The number of carbonyl (C=O) groups is 2. The molecule has 0 spiro atoms. The Balaban J connectivity index is 1.39. The van der Waals surface area contributed by atoms with Gasteiger partial charge in [-0.05, 0) is 48.4 Å². The zero-order chi connectivity index (χ0) is 25.0. The molecule has 3 N–H and O–H groups in total. The number of methoxy groups -OCH3 is 1. The summed E-state index contributed by atoms with van der Waals surface area (Å²) < 4.78 is 30.6. The van der Waals surface area contributed by atoms with Gasteiger partial charge in [-0.3, -0.25) is 9.59 Å². The molecule has 0 bridgehead atoms. The Labute approximate surface area is 204 Å². The van der Waals surface area contributed by atoms with Crippen molar-refractivity contribution in [1.82, 2.24) is 5.32 Å². The second-order valence-corrected chi connectivity index (χ2v) is 10.6. The van der Waals surface area contributed by atoms with Crippen molar-refractivity contribution in [3.05, 3.63) is 89.0 Å². The van der Waals surface area contributed by atoms with Gasteiger partial charge in [0.2, 0.25) is 5.91 Å². The van der Waals surface area contributed by atoms with E-state index in [0.717, 1.165) is 16.9 Å². The van der Waals surface area contributed by atoms with Crippen molar-refractivity contribution in [3.8, 4) is 5.75 Å². The van der Waals surface area contributed by atoms with Gasteiger partial charge in [-0.25, -0.2) is 8.42 Å². The van der Waals surface area contributed by atoms with Crippen molar-refractivity contribution >= 4 is 33.0 Å². The van der Waals surface area contributed by atoms with Crippen molar-refractivity contribution in [3.63, 3.8) is 0 Å². The number of fused-ring (bicyclic) bond motifs is 1. The summed E-state index contributed by atoms with van der Waals surface area (Å²) in [7, 11) is -1.95. The van der Waals surface area contributed by atoms with E-state index in [2.05, 4.69) is 16.0 Å². The van der Waals surface area contributed by atoms with Gasteiger partial charge in [-0.15, -0.1) is 0 Å². The molecule has 8 nitrogen and oxygen atoms in total. The van der Waals surface area contributed by atoms with Gasteiger partial charge in [-0.1, -0.05) is 42.0 Å². The molecule has 0 aliphatic carbocycles. The molecule has 3 aromatic carbocycles. The Morgan fingerprint density at radius 2 is 1.77 bits per heavy atom. The lowest BCUT2D eigenvalue weighted by molar-refractivity contribution is -0.116. The summed E-state index contributed by atoms with van der Waals surface area (Å²) in [6, 6.07) is 18.6. The third-order valence-corrected chi connectivity index (χ3v) is 7.30. The zero-order valence-electron chi connectivity index (χ0n) is 19.5. The number of hydrogen-bond donors (Lipinski definition) is 3.